The van der Waals surface area contributed by atoms with Gasteiger partial charge in [0.15, 0.2) is 0 Å². The molecule has 1 aliphatic heterocycles. The molecule has 4 rings (SSSR count). The van der Waals surface area contributed by atoms with Crippen LogP contribution in [0.3, 0.4) is 0 Å². The van der Waals surface area contributed by atoms with E-state index in [0.717, 1.165) is 29.8 Å². The van der Waals surface area contributed by atoms with Gasteiger partial charge in [-0.25, -0.2) is 4.98 Å². The van der Waals surface area contributed by atoms with E-state index in [9.17, 15) is 0 Å². The Morgan fingerprint density at radius 3 is 3.00 bits per heavy atom. The van der Waals surface area contributed by atoms with Crippen molar-refractivity contribution in [1.29, 1.82) is 0 Å². The van der Waals surface area contributed by atoms with E-state index in [0.29, 0.717) is 6.54 Å². The molecule has 0 amide bonds. The minimum atomic E-state index is 0.441. The van der Waals surface area contributed by atoms with Crippen molar-refractivity contribution in [2.75, 3.05) is 11.4 Å². The van der Waals surface area contributed by atoms with Crippen LogP contribution in [-0.2, 0) is 13.0 Å². The summed E-state index contributed by atoms with van der Waals surface area (Å²) < 4.78 is 0. The number of hydrogen-bond acceptors (Lipinski definition) is 3. The van der Waals surface area contributed by atoms with Gasteiger partial charge in [0.1, 0.15) is 5.82 Å². The average molecular weight is 264 g/mol. The normalized spacial score (nSPS) is 13.9. The lowest BCUT2D eigenvalue weighted by atomic mass is 10.2. The fourth-order valence-corrected chi connectivity index (χ4v) is 2.92. The van der Waals surface area contributed by atoms with Crippen molar-refractivity contribution in [3.63, 3.8) is 0 Å². The van der Waals surface area contributed by atoms with Gasteiger partial charge in [-0.15, -0.1) is 0 Å². The number of benzene rings is 2. The summed E-state index contributed by atoms with van der Waals surface area (Å²) in [6.45, 7) is 1.47. The molecule has 0 bridgehead atoms. The number of H-pyrrole nitrogens is 1. The van der Waals surface area contributed by atoms with Crippen molar-refractivity contribution in [2.24, 2.45) is 5.73 Å². The number of aromatic nitrogens is 2. The van der Waals surface area contributed by atoms with Crippen molar-refractivity contribution in [2.45, 2.75) is 13.0 Å². The molecule has 0 radical (unpaired) electrons. The lowest BCUT2D eigenvalue weighted by molar-refractivity contribution is 0.958. The molecule has 0 spiro atoms. The second kappa shape index (κ2) is 4.35. The zero-order valence-electron chi connectivity index (χ0n) is 11.1. The van der Waals surface area contributed by atoms with Crippen molar-refractivity contribution in [3.05, 3.63) is 53.9 Å². The number of rotatable bonds is 2. The summed E-state index contributed by atoms with van der Waals surface area (Å²) in [5.74, 6) is 0.832. The molecule has 2 aromatic carbocycles. The van der Waals surface area contributed by atoms with Crippen LogP contribution in [0.4, 0.5) is 11.4 Å². The van der Waals surface area contributed by atoms with Crippen LogP contribution in [0, 0.1) is 0 Å². The number of nitrogens with two attached hydrogens (primary N) is 1. The highest BCUT2D eigenvalue weighted by Gasteiger charge is 2.20. The molecule has 100 valence electrons. The summed E-state index contributed by atoms with van der Waals surface area (Å²) in [6, 6.07) is 14.9. The molecular formula is C16H16N4. The third-order valence-electron chi connectivity index (χ3n) is 3.91. The quantitative estimate of drug-likeness (QED) is 0.748. The average Bonchev–Trinajstić information content (AvgIpc) is 3.09. The summed E-state index contributed by atoms with van der Waals surface area (Å²) in [5, 5.41) is 0. The van der Waals surface area contributed by atoms with Gasteiger partial charge >= 0.3 is 0 Å². The van der Waals surface area contributed by atoms with Crippen molar-refractivity contribution in [1.82, 2.24) is 9.97 Å². The molecule has 3 N–H and O–H groups in total. The first-order valence-corrected chi connectivity index (χ1v) is 6.89. The zero-order valence-corrected chi connectivity index (χ0v) is 11.1. The highest BCUT2D eigenvalue weighted by molar-refractivity contribution is 5.82. The number of nitrogens with one attached hydrogen (secondary N) is 1. The third-order valence-corrected chi connectivity index (χ3v) is 3.91. The van der Waals surface area contributed by atoms with Gasteiger partial charge in [-0.2, -0.15) is 0 Å². The van der Waals surface area contributed by atoms with Crippen LogP contribution >= 0.6 is 0 Å². The molecule has 2 heterocycles. The number of hydrogen-bond donors (Lipinski definition) is 2. The van der Waals surface area contributed by atoms with Crippen molar-refractivity contribution < 1.29 is 0 Å². The molecule has 0 atom stereocenters. The van der Waals surface area contributed by atoms with Gasteiger partial charge in [0, 0.05) is 17.9 Å². The molecular weight excluding hydrogens is 248 g/mol. The van der Waals surface area contributed by atoms with Crippen LogP contribution in [0.1, 0.15) is 11.4 Å². The van der Waals surface area contributed by atoms with E-state index in [2.05, 4.69) is 57.3 Å². The largest absolute Gasteiger partial charge is 0.341 e. The van der Waals surface area contributed by atoms with Crippen molar-refractivity contribution in [3.8, 4) is 0 Å². The van der Waals surface area contributed by atoms with E-state index in [1.807, 2.05) is 0 Å². The smallest absolute Gasteiger partial charge is 0.121 e. The first-order chi connectivity index (χ1) is 9.85. The number of aromatic amines is 1. The maximum Gasteiger partial charge on any atom is 0.121 e. The summed E-state index contributed by atoms with van der Waals surface area (Å²) in [7, 11) is 0. The minimum Gasteiger partial charge on any atom is -0.341 e. The number of imidazole rings is 1. The maximum atomic E-state index is 5.63. The lowest BCUT2D eigenvalue weighted by Crippen LogP contribution is -2.12. The van der Waals surface area contributed by atoms with Crippen LogP contribution in [-0.4, -0.2) is 16.5 Å². The lowest BCUT2D eigenvalue weighted by Gasteiger charge is -2.19. The molecule has 0 aliphatic carbocycles. The minimum absolute atomic E-state index is 0.441. The first kappa shape index (κ1) is 11.5. The van der Waals surface area contributed by atoms with Crippen LogP contribution in [0.15, 0.2) is 42.5 Å². The van der Waals surface area contributed by atoms with E-state index in [1.165, 1.54) is 16.9 Å². The molecule has 0 fully saturated rings. The van der Waals surface area contributed by atoms with Crippen LogP contribution < -0.4 is 10.6 Å². The molecule has 0 saturated heterocycles. The SMILES string of the molecule is NCc1nc2ccc(N3CCc4ccccc43)cc2[nH]1. The number of para-hydroxylation sites is 1. The van der Waals surface area contributed by atoms with Gasteiger partial charge in [0.2, 0.25) is 0 Å². The monoisotopic (exact) mass is 264 g/mol. The number of nitrogens with zero attached hydrogens (tertiary/aromatic N) is 2. The van der Waals surface area contributed by atoms with Crippen LogP contribution in [0.2, 0.25) is 0 Å². The van der Waals surface area contributed by atoms with E-state index in [-0.39, 0.29) is 0 Å². The Kier molecular flexibility index (Phi) is 2.50. The molecule has 1 aromatic heterocycles. The Morgan fingerprint density at radius 2 is 2.10 bits per heavy atom. The van der Waals surface area contributed by atoms with Crippen molar-refractivity contribution >= 4 is 22.4 Å². The molecule has 3 aromatic rings. The standard InChI is InChI=1S/C16H16N4/c17-10-16-18-13-6-5-12(9-14(13)19-16)20-8-7-11-3-1-2-4-15(11)20/h1-6,9H,7-8,10,17H2,(H,18,19). The first-order valence-electron chi connectivity index (χ1n) is 6.89. The van der Waals surface area contributed by atoms with E-state index in [4.69, 9.17) is 5.73 Å². The Labute approximate surface area is 117 Å². The van der Waals surface area contributed by atoms with Gasteiger partial charge < -0.3 is 15.6 Å². The van der Waals surface area contributed by atoms with Gasteiger partial charge in [0.05, 0.1) is 17.6 Å². The van der Waals surface area contributed by atoms with E-state index in [1.54, 1.807) is 0 Å². The second-order valence-electron chi connectivity index (χ2n) is 5.12. The summed E-state index contributed by atoms with van der Waals surface area (Å²) >= 11 is 0. The van der Waals surface area contributed by atoms with Gasteiger partial charge in [-0.3, -0.25) is 0 Å². The Hall–Kier alpha value is -2.33. The number of anilines is 2. The maximum absolute atomic E-state index is 5.63. The molecule has 4 nitrogen and oxygen atoms in total. The van der Waals surface area contributed by atoms with E-state index >= 15 is 0 Å². The zero-order chi connectivity index (χ0) is 13.5. The summed E-state index contributed by atoms with van der Waals surface area (Å²) in [5.41, 5.74) is 11.6. The molecule has 20 heavy (non-hydrogen) atoms. The van der Waals surface area contributed by atoms with Gasteiger partial charge in [-0.05, 0) is 36.2 Å². The predicted octanol–water partition coefficient (Wildman–Crippen LogP) is 2.72. The van der Waals surface area contributed by atoms with Crippen LogP contribution in [0.25, 0.3) is 11.0 Å². The number of fused-ring (bicyclic) bond motifs is 2. The van der Waals surface area contributed by atoms with Gasteiger partial charge in [0.25, 0.3) is 0 Å². The second-order valence-corrected chi connectivity index (χ2v) is 5.12. The van der Waals surface area contributed by atoms with Gasteiger partial charge in [-0.1, -0.05) is 18.2 Å². The Morgan fingerprint density at radius 1 is 1.20 bits per heavy atom. The summed E-state index contributed by atoms with van der Waals surface area (Å²) in [6.07, 6.45) is 1.10. The third kappa shape index (κ3) is 1.69. The van der Waals surface area contributed by atoms with E-state index < -0.39 is 0 Å². The highest BCUT2D eigenvalue weighted by Crippen LogP contribution is 2.35. The Balaban J connectivity index is 1.79. The fraction of sp³-hybridized carbons (Fsp3) is 0.188. The Bertz CT molecular complexity index is 775. The van der Waals surface area contributed by atoms with Crippen LogP contribution in [0.5, 0.6) is 0 Å². The molecule has 1 aliphatic rings. The molecule has 0 saturated carbocycles. The topological polar surface area (TPSA) is 57.9 Å². The summed E-state index contributed by atoms with van der Waals surface area (Å²) in [4.78, 5) is 10.1. The molecule has 0 unspecified atom stereocenters. The molecule has 4 heteroatoms. The fourth-order valence-electron chi connectivity index (χ4n) is 2.92. The highest BCUT2D eigenvalue weighted by atomic mass is 15.2. The predicted molar refractivity (Wildman–Crippen MR) is 81.1 cm³/mol.